The number of phosphoric ester groups is 1. The fourth-order valence-corrected chi connectivity index (χ4v) is 7.01. The Morgan fingerprint density at radius 1 is 0.516 bits per heavy atom. The molecule has 0 heterocycles. The van der Waals surface area contributed by atoms with E-state index in [4.69, 9.17) is 18.5 Å². The van der Waals surface area contributed by atoms with Gasteiger partial charge in [-0.3, -0.25) is 18.6 Å². The maximum atomic E-state index is 12.7. The largest absolute Gasteiger partial charge is 0.472 e. The minimum Gasteiger partial charge on any atom is -0.462 e. The zero-order valence-electron chi connectivity index (χ0n) is 41.2. The number of carbonyl (C=O) groups is 2. The summed E-state index contributed by atoms with van der Waals surface area (Å²) in [6.45, 7) is 4.17. The number of nitrogens with zero attached hydrogens (tertiary/aromatic N) is 1. The molecule has 2 unspecified atom stereocenters. The van der Waals surface area contributed by atoms with Gasteiger partial charge < -0.3 is 18.9 Å². The van der Waals surface area contributed by atoms with E-state index in [0.717, 1.165) is 70.6 Å². The topological polar surface area (TPSA) is 108 Å². The molecule has 0 aliphatic heterocycles. The van der Waals surface area contributed by atoms with Gasteiger partial charge in [0.2, 0.25) is 0 Å². The number of esters is 2. The third kappa shape index (κ3) is 48.4. The highest BCUT2D eigenvalue weighted by Gasteiger charge is 2.27. The summed E-state index contributed by atoms with van der Waals surface area (Å²) in [5.41, 5.74) is 0. The Kier molecular flexibility index (Phi) is 42.9. The molecule has 10 heteroatoms. The van der Waals surface area contributed by atoms with E-state index in [1.54, 1.807) is 6.08 Å². The molecule has 0 aromatic rings. The number of rotatable bonds is 44. The normalized spacial score (nSPS) is 14.3. The van der Waals surface area contributed by atoms with Crippen LogP contribution in [0.2, 0.25) is 0 Å². The predicted molar refractivity (Wildman–Crippen MR) is 270 cm³/mol. The fourth-order valence-electron chi connectivity index (χ4n) is 6.27. The van der Waals surface area contributed by atoms with Crippen LogP contribution >= 0.6 is 7.82 Å². The molecule has 0 saturated carbocycles. The van der Waals surface area contributed by atoms with Gasteiger partial charge in [-0.25, -0.2) is 4.57 Å². The van der Waals surface area contributed by atoms with Crippen molar-refractivity contribution in [2.45, 2.75) is 187 Å². The summed E-state index contributed by atoms with van der Waals surface area (Å²) in [6.07, 6.45) is 60.7. The Bertz CT molecular complexity index is 1400. The average Bonchev–Trinajstić information content (AvgIpc) is 3.25. The van der Waals surface area contributed by atoms with Crippen molar-refractivity contribution in [3.05, 3.63) is 97.2 Å². The SMILES string of the molecule is CC/C=C\C/C=C\C/C=C\C/C=C\C/C=C\CC(=O)OC(COC(=O)CCCCCCCCCCCC/C=C\C/C=C\C/C=C\CCCCCCC)COP(=O)(O)OCC[N+](C)(C)C. The van der Waals surface area contributed by atoms with Gasteiger partial charge in [-0.1, -0.05) is 188 Å². The zero-order valence-corrected chi connectivity index (χ0v) is 42.1. The summed E-state index contributed by atoms with van der Waals surface area (Å²) in [7, 11) is 1.40. The van der Waals surface area contributed by atoms with Crippen molar-refractivity contribution in [3.8, 4) is 0 Å². The average molecular weight is 915 g/mol. The van der Waals surface area contributed by atoms with Gasteiger partial charge >= 0.3 is 19.8 Å². The van der Waals surface area contributed by atoms with Crippen molar-refractivity contribution in [2.75, 3.05) is 47.5 Å². The summed E-state index contributed by atoms with van der Waals surface area (Å²) in [4.78, 5) is 35.4. The molecule has 2 atom stereocenters. The molecule has 0 aliphatic carbocycles. The Morgan fingerprint density at radius 3 is 1.41 bits per heavy atom. The van der Waals surface area contributed by atoms with E-state index in [2.05, 4.69) is 92.8 Å². The van der Waals surface area contributed by atoms with E-state index in [1.807, 2.05) is 33.3 Å². The second-order valence-electron chi connectivity index (χ2n) is 17.5. The van der Waals surface area contributed by atoms with Crippen molar-refractivity contribution >= 4 is 19.8 Å². The van der Waals surface area contributed by atoms with Gasteiger partial charge in [-0.15, -0.1) is 0 Å². The van der Waals surface area contributed by atoms with Crippen LogP contribution in [0.1, 0.15) is 181 Å². The second kappa shape index (κ2) is 45.1. The van der Waals surface area contributed by atoms with Crippen LogP contribution in [0.4, 0.5) is 0 Å². The van der Waals surface area contributed by atoms with Crippen LogP contribution in [0.5, 0.6) is 0 Å². The van der Waals surface area contributed by atoms with Crippen LogP contribution in [0.15, 0.2) is 97.2 Å². The minimum atomic E-state index is -4.41. The van der Waals surface area contributed by atoms with E-state index < -0.39 is 32.5 Å². The van der Waals surface area contributed by atoms with Gasteiger partial charge in [0.25, 0.3) is 0 Å². The molecule has 0 aliphatic rings. The molecule has 64 heavy (non-hydrogen) atoms. The first kappa shape index (κ1) is 60.9. The molecule has 0 amide bonds. The summed E-state index contributed by atoms with van der Waals surface area (Å²) in [6, 6.07) is 0. The molecule has 0 rings (SSSR count). The Hall–Kier alpha value is -3.07. The summed E-state index contributed by atoms with van der Waals surface area (Å²) < 4.78 is 34.2. The monoisotopic (exact) mass is 915 g/mol. The Labute approximate surface area is 392 Å². The number of likely N-dealkylation sites (N-methyl/N-ethyl adjacent to an activating group) is 1. The van der Waals surface area contributed by atoms with Gasteiger partial charge in [-0.05, 0) is 77.0 Å². The standard InChI is InChI=1S/C54H92NO8P/c1-6-8-10-12-14-16-18-20-22-23-24-25-26-27-28-29-30-31-33-34-36-38-40-42-44-46-53(56)60-50-52(51-62-64(58,59)61-49-48-55(3,4)5)63-54(57)47-45-43-41-39-37-35-32-21-19-17-15-13-11-9-7-2/h9,11,15,17-18,20-21,23-24,26-27,32,37,39,43,45,52H,6-8,10,12-14,16,19,22,25,28-31,33-36,38,40-42,44,46-51H2,1-5H3/p+1/b11-9-,17-15-,20-18-,24-23-,27-26-,32-21-,39-37-,45-43-. The van der Waals surface area contributed by atoms with Crippen LogP contribution in [0, 0.1) is 0 Å². The number of quaternary nitrogens is 1. The van der Waals surface area contributed by atoms with E-state index in [9.17, 15) is 19.0 Å². The molecule has 0 saturated heterocycles. The minimum absolute atomic E-state index is 0.00263. The van der Waals surface area contributed by atoms with Crippen LogP contribution < -0.4 is 0 Å². The van der Waals surface area contributed by atoms with Crippen molar-refractivity contribution < 1.29 is 42.1 Å². The third-order valence-electron chi connectivity index (χ3n) is 10.1. The highest BCUT2D eigenvalue weighted by molar-refractivity contribution is 7.47. The lowest BCUT2D eigenvalue weighted by Gasteiger charge is -2.24. The lowest BCUT2D eigenvalue weighted by atomic mass is 10.1. The second-order valence-corrected chi connectivity index (χ2v) is 18.9. The maximum Gasteiger partial charge on any atom is 0.472 e. The quantitative estimate of drug-likeness (QED) is 0.0212. The number of allylic oxidation sites excluding steroid dienone is 15. The highest BCUT2D eigenvalue weighted by atomic mass is 31.2. The molecule has 9 nitrogen and oxygen atoms in total. The number of carbonyl (C=O) groups excluding carboxylic acids is 2. The third-order valence-corrected chi connectivity index (χ3v) is 11.1. The van der Waals surface area contributed by atoms with E-state index in [1.165, 1.54) is 77.0 Å². The van der Waals surface area contributed by atoms with Gasteiger partial charge in [-0.2, -0.15) is 0 Å². The molecule has 0 fully saturated rings. The van der Waals surface area contributed by atoms with Gasteiger partial charge in [0.1, 0.15) is 19.8 Å². The molecule has 0 aromatic heterocycles. The predicted octanol–water partition coefficient (Wildman–Crippen LogP) is 14.9. The van der Waals surface area contributed by atoms with E-state index >= 15 is 0 Å². The van der Waals surface area contributed by atoms with Crippen LogP contribution in [0.3, 0.4) is 0 Å². The maximum absolute atomic E-state index is 12.7. The van der Waals surface area contributed by atoms with Crippen molar-refractivity contribution in [1.82, 2.24) is 0 Å². The van der Waals surface area contributed by atoms with Crippen LogP contribution in [0.25, 0.3) is 0 Å². The Morgan fingerprint density at radius 2 is 0.938 bits per heavy atom. The molecule has 0 bridgehead atoms. The van der Waals surface area contributed by atoms with E-state index in [-0.39, 0.29) is 26.1 Å². The molecule has 366 valence electrons. The van der Waals surface area contributed by atoms with Crippen LogP contribution in [-0.4, -0.2) is 74.9 Å². The fraction of sp³-hybridized carbons (Fsp3) is 0.667. The van der Waals surface area contributed by atoms with Gasteiger partial charge in [0, 0.05) is 6.42 Å². The summed E-state index contributed by atoms with van der Waals surface area (Å²) in [5, 5.41) is 0. The molecule has 1 N–H and O–H groups in total. The van der Waals surface area contributed by atoms with Crippen molar-refractivity contribution in [1.29, 1.82) is 0 Å². The first-order valence-corrected chi connectivity index (χ1v) is 26.5. The summed E-state index contributed by atoms with van der Waals surface area (Å²) in [5.74, 6) is -0.957. The molecule has 0 radical (unpaired) electrons. The van der Waals surface area contributed by atoms with Crippen molar-refractivity contribution in [3.63, 3.8) is 0 Å². The Balaban J connectivity index is 4.32. The number of hydrogen-bond donors (Lipinski definition) is 1. The van der Waals surface area contributed by atoms with Crippen LogP contribution in [-0.2, 0) is 32.7 Å². The van der Waals surface area contributed by atoms with E-state index in [0.29, 0.717) is 17.4 Å². The van der Waals surface area contributed by atoms with Gasteiger partial charge in [0.05, 0.1) is 34.2 Å². The van der Waals surface area contributed by atoms with Crippen molar-refractivity contribution in [2.24, 2.45) is 0 Å². The molecule has 0 spiro atoms. The molecule has 0 aromatic carbocycles. The molecular formula is C54H93NO8P+. The number of unbranched alkanes of at least 4 members (excludes halogenated alkanes) is 15. The molecular weight excluding hydrogens is 822 g/mol. The smallest absolute Gasteiger partial charge is 0.462 e. The highest BCUT2D eigenvalue weighted by Crippen LogP contribution is 2.43. The first-order chi connectivity index (χ1) is 31.0. The number of ether oxygens (including phenoxy) is 2. The summed E-state index contributed by atoms with van der Waals surface area (Å²) >= 11 is 0. The first-order valence-electron chi connectivity index (χ1n) is 25.0. The lowest BCUT2D eigenvalue weighted by Crippen LogP contribution is -2.37. The lowest BCUT2D eigenvalue weighted by molar-refractivity contribution is -0.870. The van der Waals surface area contributed by atoms with Gasteiger partial charge in [0.15, 0.2) is 6.10 Å². The zero-order chi connectivity index (χ0) is 47.1. The number of phosphoric acid groups is 1. The number of hydrogen-bond acceptors (Lipinski definition) is 7.